The molecule has 1 aromatic heterocycles. The largest absolute Gasteiger partial charge is 0.465 e. The predicted molar refractivity (Wildman–Crippen MR) is 80.0 cm³/mol. The summed E-state index contributed by atoms with van der Waals surface area (Å²) in [6.45, 7) is 3.61. The number of hydrogen-bond acceptors (Lipinski definition) is 6. The normalized spacial score (nSPS) is 34.1. The third-order valence-corrected chi connectivity index (χ3v) is 5.51. The van der Waals surface area contributed by atoms with Gasteiger partial charge in [-0.25, -0.2) is 0 Å². The topological polar surface area (TPSA) is 75.7 Å². The molecule has 3 rings (SSSR count). The molecule has 22 heavy (non-hydrogen) atoms. The molecule has 0 radical (unpaired) electrons. The summed E-state index contributed by atoms with van der Waals surface area (Å²) in [6.07, 6.45) is 0. The van der Waals surface area contributed by atoms with Gasteiger partial charge in [0.15, 0.2) is 0 Å². The predicted octanol–water partition coefficient (Wildman–Crippen LogP) is 0.945. The fourth-order valence-electron chi connectivity index (χ4n) is 3.46. The maximum absolute atomic E-state index is 12.5. The molecule has 4 atom stereocenters. The third kappa shape index (κ3) is 1.92. The van der Waals surface area contributed by atoms with E-state index in [4.69, 9.17) is 4.74 Å². The number of rotatable bonds is 3. The lowest BCUT2D eigenvalue weighted by Gasteiger charge is -2.28. The van der Waals surface area contributed by atoms with Crippen LogP contribution in [-0.4, -0.2) is 41.9 Å². The van der Waals surface area contributed by atoms with Crippen LogP contribution in [0.5, 0.6) is 0 Å². The molecular formula is C15H18N2O4S. The first kappa shape index (κ1) is 15.2. The standard InChI is InChI=1S/C15H18N2O4S/c1-4-21-14(20)15(2)10-9(12(18)17(3)13(10)19)11(16-15)8-6-5-7-22-8/h5-7,9-11,16H,4H2,1-3H3/t9-,10-,11+,15+/m0/s1. The molecule has 2 fully saturated rings. The van der Waals surface area contributed by atoms with Crippen molar-refractivity contribution in [3.63, 3.8) is 0 Å². The van der Waals surface area contributed by atoms with Gasteiger partial charge in [0.1, 0.15) is 5.54 Å². The minimum absolute atomic E-state index is 0.231. The van der Waals surface area contributed by atoms with E-state index in [1.54, 1.807) is 13.8 Å². The Bertz CT molecular complexity index is 629. The molecule has 7 heteroatoms. The van der Waals surface area contributed by atoms with E-state index >= 15 is 0 Å². The zero-order valence-electron chi connectivity index (χ0n) is 12.7. The summed E-state index contributed by atoms with van der Waals surface area (Å²) in [5.74, 6) is -2.34. The second-order valence-corrected chi connectivity index (χ2v) is 6.78. The number of carbonyl (C=O) groups is 3. The van der Waals surface area contributed by atoms with Crippen molar-refractivity contribution >= 4 is 29.1 Å². The Morgan fingerprint density at radius 1 is 1.45 bits per heavy atom. The number of hydrogen-bond donors (Lipinski definition) is 1. The van der Waals surface area contributed by atoms with Crippen LogP contribution in [0.15, 0.2) is 17.5 Å². The number of likely N-dealkylation sites (tertiary alicyclic amines) is 1. The van der Waals surface area contributed by atoms with Crippen molar-refractivity contribution in [3.8, 4) is 0 Å². The van der Waals surface area contributed by atoms with E-state index in [2.05, 4.69) is 5.32 Å². The van der Waals surface area contributed by atoms with E-state index in [1.807, 2.05) is 17.5 Å². The molecule has 0 aromatic carbocycles. The highest BCUT2D eigenvalue weighted by molar-refractivity contribution is 7.10. The van der Waals surface area contributed by atoms with Gasteiger partial charge in [-0.05, 0) is 25.3 Å². The van der Waals surface area contributed by atoms with Crippen LogP contribution in [-0.2, 0) is 19.1 Å². The van der Waals surface area contributed by atoms with Crippen molar-refractivity contribution in [3.05, 3.63) is 22.4 Å². The monoisotopic (exact) mass is 322 g/mol. The zero-order valence-corrected chi connectivity index (χ0v) is 13.5. The highest BCUT2D eigenvalue weighted by Gasteiger charge is 2.66. The SMILES string of the molecule is CCOC(=O)[C@]1(C)N[C@H](c2cccs2)[C@H]2C(=O)N(C)C(=O)[C@H]21. The molecule has 2 amide bonds. The van der Waals surface area contributed by atoms with Crippen LogP contribution in [0.25, 0.3) is 0 Å². The van der Waals surface area contributed by atoms with Crippen LogP contribution >= 0.6 is 11.3 Å². The average molecular weight is 322 g/mol. The quantitative estimate of drug-likeness (QED) is 0.662. The third-order valence-electron chi connectivity index (χ3n) is 4.56. The maximum atomic E-state index is 12.5. The van der Waals surface area contributed by atoms with Gasteiger partial charge in [-0.15, -0.1) is 11.3 Å². The Morgan fingerprint density at radius 2 is 2.18 bits per heavy atom. The van der Waals surface area contributed by atoms with Gasteiger partial charge >= 0.3 is 5.97 Å². The molecule has 0 spiro atoms. The van der Waals surface area contributed by atoms with Crippen molar-refractivity contribution in [2.24, 2.45) is 11.8 Å². The summed E-state index contributed by atoms with van der Waals surface area (Å²) >= 11 is 1.50. The van der Waals surface area contributed by atoms with Crippen LogP contribution in [0.4, 0.5) is 0 Å². The number of ether oxygens (including phenoxy) is 1. The van der Waals surface area contributed by atoms with E-state index in [0.717, 1.165) is 9.78 Å². The summed E-state index contributed by atoms with van der Waals surface area (Å²) < 4.78 is 5.14. The molecule has 2 aliphatic rings. The molecule has 2 aliphatic heterocycles. The van der Waals surface area contributed by atoms with Crippen molar-refractivity contribution in [1.29, 1.82) is 0 Å². The smallest absolute Gasteiger partial charge is 0.326 e. The Labute approximate surface area is 132 Å². The molecule has 1 N–H and O–H groups in total. The van der Waals surface area contributed by atoms with Crippen LogP contribution in [0, 0.1) is 11.8 Å². The molecule has 2 saturated heterocycles. The Kier molecular flexibility index (Phi) is 3.57. The number of fused-ring (bicyclic) bond motifs is 1. The fourth-order valence-corrected chi connectivity index (χ4v) is 4.29. The molecular weight excluding hydrogens is 304 g/mol. The van der Waals surface area contributed by atoms with Gasteiger partial charge in [-0.3, -0.25) is 24.6 Å². The van der Waals surface area contributed by atoms with E-state index in [9.17, 15) is 14.4 Å². The second kappa shape index (κ2) is 5.17. The maximum Gasteiger partial charge on any atom is 0.326 e. The first-order valence-corrected chi connectivity index (χ1v) is 8.09. The minimum atomic E-state index is -1.19. The number of esters is 1. The van der Waals surface area contributed by atoms with Crippen LogP contribution in [0.1, 0.15) is 24.8 Å². The number of carbonyl (C=O) groups excluding carboxylic acids is 3. The van der Waals surface area contributed by atoms with Crippen molar-refractivity contribution < 1.29 is 19.1 Å². The minimum Gasteiger partial charge on any atom is -0.465 e. The van der Waals surface area contributed by atoms with Gasteiger partial charge < -0.3 is 4.74 Å². The summed E-state index contributed by atoms with van der Waals surface area (Å²) in [7, 11) is 1.47. The Balaban J connectivity index is 2.06. The van der Waals surface area contributed by atoms with Gasteiger partial charge in [-0.1, -0.05) is 6.07 Å². The van der Waals surface area contributed by atoms with Crippen LogP contribution in [0.3, 0.4) is 0 Å². The second-order valence-electron chi connectivity index (χ2n) is 5.80. The van der Waals surface area contributed by atoms with E-state index in [1.165, 1.54) is 18.4 Å². The lowest BCUT2D eigenvalue weighted by molar-refractivity contribution is -0.155. The molecule has 0 aliphatic carbocycles. The van der Waals surface area contributed by atoms with E-state index < -0.39 is 23.3 Å². The van der Waals surface area contributed by atoms with E-state index in [-0.39, 0.29) is 24.5 Å². The van der Waals surface area contributed by atoms with Crippen molar-refractivity contribution in [2.45, 2.75) is 25.4 Å². The average Bonchev–Trinajstić information content (AvgIpc) is 3.15. The fraction of sp³-hybridized carbons (Fsp3) is 0.533. The highest BCUT2D eigenvalue weighted by atomic mass is 32.1. The molecule has 0 unspecified atom stereocenters. The Hall–Kier alpha value is -1.73. The number of nitrogens with zero attached hydrogens (tertiary/aromatic N) is 1. The van der Waals surface area contributed by atoms with Gasteiger partial charge in [0.2, 0.25) is 11.8 Å². The lowest BCUT2D eigenvalue weighted by Crippen LogP contribution is -2.53. The number of amides is 2. The van der Waals surface area contributed by atoms with Crippen LogP contribution in [0.2, 0.25) is 0 Å². The lowest BCUT2D eigenvalue weighted by atomic mass is 9.81. The first-order valence-electron chi connectivity index (χ1n) is 7.21. The summed E-state index contributed by atoms with van der Waals surface area (Å²) in [4.78, 5) is 39.5. The van der Waals surface area contributed by atoms with Gasteiger partial charge in [0.25, 0.3) is 0 Å². The number of nitrogens with one attached hydrogen (secondary N) is 1. The number of thiophene rings is 1. The van der Waals surface area contributed by atoms with Crippen LogP contribution < -0.4 is 5.32 Å². The zero-order chi connectivity index (χ0) is 16.1. The highest BCUT2D eigenvalue weighted by Crippen LogP contribution is 2.49. The van der Waals surface area contributed by atoms with Gasteiger partial charge in [-0.2, -0.15) is 0 Å². The van der Waals surface area contributed by atoms with Crippen molar-refractivity contribution in [1.82, 2.24) is 10.2 Å². The molecule has 6 nitrogen and oxygen atoms in total. The molecule has 0 saturated carbocycles. The number of imide groups is 1. The Morgan fingerprint density at radius 3 is 2.77 bits per heavy atom. The molecule has 1 aromatic rings. The molecule has 118 valence electrons. The summed E-state index contributed by atoms with van der Waals surface area (Å²) in [6, 6.07) is 3.45. The van der Waals surface area contributed by atoms with E-state index in [0.29, 0.717) is 0 Å². The molecule has 0 bridgehead atoms. The van der Waals surface area contributed by atoms with Crippen molar-refractivity contribution in [2.75, 3.05) is 13.7 Å². The van der Waals surface area contributed by atoms with Gasteiger partial charge in [0, 0.05) is 11.9 Å². The van der Waals surface area contributed by atoms with Gasteiger partial charge in [0.05, 0.1) is 24.5 Å². The summed E-state index contributed by atoms with van der Waals surface area (Å²) in [5, 5.41) is 5.12. The first-order chi connectivity index (χ1) is 10.4. The summed E-state index contributed by atoms with van der Waals surface area (Å²) in [5.41, 5.74) is -1.19. The molecule has 3 heterocycles.